The Morgan fingerprint density at radius 1 is 1.00 bits per heavy atom. The third kappa shape index (κ3) is 5.19. The molecular formula is C17H20Cl3N. The van der Waals surface area contributed by atoms with E-state index in [4.69, 9.17) is 23.2 Å². The Hall–Kier alpha value is -0.730. The molecule has 2 aromatic carbocycles. The van der Waals surface area contributed by atoms with Crippen molar-refractivity contribution in [1.82, 2.24) is 5.32 Å². The summed E-state index contributed by atoms with van der Waals surface area (Å²) in [4.78, 5) is 0. The number of benzene rings is 2. The molecule has 2 rings (SSSR count). The highest BCUT2D eigenvalue weighted by atomic mass is 35.5. The highest BCUT2D eigenvalue weighted by Gasteiger charge is 2.11. The standard InChI is InChI=1S/C17H19Cl2N.ClH/c1-2-7-16(13-8-4-3-5-9-13)20-12-14-10-6-11-15(18)17(14)19;/h3-6,8-11,16,20H,2,7,12H2,1H3;1H. The predicted octanol–water partition coefficient (Wildman–Crippen LogP) is 6.05. The van der Waals surface area contributed by atoms with E-state index in [9.17, 15) is 0 Å². The van der Waals surface area contributed by atoms with E-state index in [-0.39, 0.29) is 12.4 Å². The zero-order chi connectivity index (χ0) is 14.4. The van der Waals surface area contributed by atoms with Crippen LogP contribution in [0.25, 0.3) is 0 Å². The molecule has 1 atom stereocenters. The molecule has 0 heterocycles. The van der Waals surface area contributed by atoms with Crippen LogP contribution in [-0.4, -0.2) is 0 Å². The number of hydrogen-bond donors (Lipinski definition) is 1. The van der Waals surface area contributed by atoms with Gasteiger partial charge >= 0.3 is 0 Å². The van der Waals surface area contributed by atoms with E-state index in [0.29, 0.717) is 16.1 Å². The number of halogens is 3. The van der Waals surface area contributed by atoms with Crippen LogP contribution < -0.4 is 5.32 Å². The third-order valence-electron chi connectivity index (χ3n) is 3.35. The monoisotopic (exact) mass is 343 g/mol. The summed E-state index contributed by atoms with van der Waals surface area (Å²) in [6.07, 6.45) is 2.23. The van der Waals surface area contributed by atoms with Gasteiger partial charge in [0.1, 0.15) is 0 Å². The maximum atomic E-state index is 6.23. The molecule has 1 nitrogen and oxygen atoms in total. The summed E-state index contributed by atoms with van der Waals surface area (Å²) >= 11 is 12.3. The Kier molecular flexibility index (Phi) is 8.13. The minimum atomic E-state index is 0. The number of hydrogen-bond acceptors (Lipinski definition) is 1. The van der Waals surface area contributed by atoms with Gasteiger partial charge in [0.05, 0.1) is 10.0 Å². The maximum absolute atomic E-state index is 6.23. The van der Waals surface area contributed by atoms with Crippen molar-refractivity contribution in [2.24, 2.45) is 0 Å². The van der Waals surface area contributed by atoms with Gasteiger partial charge in [-0.25, -0.2) is 0 Å². The van der Waals surface area contributed by atoms with Crippen molar-refractivity contribution in [3.63, 3.8) is 0 Å². The average Bonchev–Trinajstić information content (AvgIpc) is 2.48. The van der Waals surface area contributed by atoms with Crippen LogP contribution >= 0.6 is 35.6 Å². The van der Waals surface area contributed by atoms with Gasteiger partial charge in [0.25, 0.3) is 0 Å². The van der Waals surface area contributed by atoms with Crippen molar-refractivity contribution in [2.45, 2.75) is 32.4 Å². The van der Waals surface area contributed by atoms with E-state index in [0.717, 1.165) is 24.9 Å². The van der Waals surface area contributed by atoms with Crippen LogP contribution in [0.4, 0.5) is 0 Å². The summed E-state index contributed by atoms with van der Waals surface area (Å²) < 4.78 is 0. The van der Waals surface area contributed by atoms with E-state index >= 15 is 0 Å². The van der Waals surface area contributed by atoms with Gasteiger partial charge < -0.3 is 5.32 Å². The van der Waals surface area contributed by atoms with E-state index < -0.39 is 0 Å². The molecule has 0 spiro atoms. The summed E-state index contributed by atoms with van der Waals surface area (Å²) in [5.74, 6) is 0. The van der Waals surface area contributed by atoms with Crippen LogP contribution in [0.15, 0.2) is 48.5 Å². The first kappa shape index (κ1) is 18.3. The van der Waals surface area contributed by atoms with E-state index in [1.807, 2.05) is 24.3 Å². The van der Waals surface area contributed by atoms with Crippen LogP contribution in [0.3, 0.4) is 0 Å². The van der Waals surface area contributed by atoms with Gasteiger partial charge in [0.2, 0.25) is 0 Å². The fraction of sp³-hybridized carbons (Fsp3) is 0.294. The Morgan fingerprint density at radius 2 is 1.71 bits per heavy atom. The third-order valence-corrected chi connectivity index (χ3v) is 4.21. The first-order valence-corrected chi connectivity index (χ1v) is 7.69. The van der Waals surface area contributed by atoms with Crippen molar-refractivity contribution in [3.05, 3.63) is 69.7 Å². The van der Waals surface area contributed by atoms with Gasteiger partial charge in [-0.1, -0.05) is 79.0 Å². The van der Waals surface area contributed by atoms with Crippen LogP contribution in [-0.2, 0) is 6.54 Å². The SMILES string of the molecule is CCCC(NCc1cccc(Cl)c1Cl)c1ccccc1.Cl. The first-order chi connectivity index (χ1) is 9.72. The largest absolute Gasteiger partial charge is 0.306 e. The van der Waals surface area contributed by atoms with Crippen molar-refractivity contribution < 1.29 is 0 Å². The average molecular weight is 345 g/mol. The quantitative estimate of drug-likeness (QED) is 0.673. The van der Waals surface area contributed by atoms with Gasteiger partial charge in [-0.15, -0.1) is 12.4 Å². The lowest BCUT2D eigenvalue weighted by Gasteiger charge is -2.19. The molecule has 0 saturated carbocycles. The molecule has 1 N–H and O–H groups in total. The minimum absolute atomic E-state index is 0. The van der Waals surface area contributed by atoms with E-state index in [1.165, 1.54) is 5.56 Å². The molecule has 0 fully saturated rings. The van der Waals surface area contributed by atoms with Gasteiger partial charge in [0, 0.05) is 12.6 Å². The van der Waals surface area contributed by atoms with Crippen LogP contribution in [0.1, 0.15) is 36.9 Å². The summed E-state index contributed by atoms with van der Waals surface area (Å²) in [6, 6.07) is 16.6. The molecular weight excluding hydrogens is 325 g/mol. The molecule has 2 aromatic rings. The molecule has 0 saturated heterocycles. The van der Waals surface area contributed by atoms with Crippen LogP contribution in [0.2, 0.25) is 10.0 Å². The summed E-state index contributed by atoms with van der Waals surface area (Å²) in [6.45, 7) is 2.92. The second kappa shape index (κ2) is 9.32. The van der Waals surface area contributed by atoms with Gasteiger partial charge in [-0.3, -0.25) is 0 Å². The Morgan fingerprint density at radius 3 is 2.38 bits per heavy atom. The van der Waals surface area contributed by atoms with Crippen molar-refractivity contribution in [2.75, 3.05) is 0 Å². The lowest BCUT2D eigenvalue weighted by Crippen LogP contribution is -2.21. The Labute approximate surface area is 143 Å². The zero-order valence-corrected chi connectivity index (χ0v) is 14.3. The summed E-state index contributed by atoms with van der Waals surface area (Å²) in [5, 5.41) is 4.83. The van der Waals surface area contributed by atoms with Gasteiger partial charge in [0.15, 0.2) is 0 Å². The second-order valence-corrected chi connectivity index (χ2v) is 5.63. The van der Waals surface area contributed by atoms with Crippen LogP contribution in [0.5, 0.6) is 0 Å². The Bertz CT molecular complexity index is 543. The fourth-order valence-electron chi connectivity index (χ4n) is 2.28. The van der Waals surface area contributed by atoms with Crippen LogP contribution in [0, 0.1) is 0 Å². The maximum Gasteiger partial charge on any atom is 0.0637 e. The van der Waals surface area contributed by atoms with E-state index in [1.54, 1.807) is 0 Å². The van der Waals surface area contributed by atoms with Gasteiger partial charge in [-0.05, 0) is 23.6 Å². The molecule has 0 aliphatic heterocycles. The lowest BCUT2D eigenvalue weighted by molar-refractivity contribution is 0.493. The molecule has 0 aliphatic rings. The van der Waals surface area contributed by atoms with Crippen molar-refractivity contribution in [1.29, 1.82) is 0 Å². The second-order valence-electron chi connectivity index (χ2n) is 4.85. The Balaban J connectivity index is 0.00000220. The predicted molar refractivity (Wildman–Crippen MR) is 94.6 cm³/mol. The number of nitrogens with one attached hydrogen (secondary N) is 1. The highest BCUT2D eigenvalue weighted by molar-refractivity contribution is 6.42. The molecule has 0 amide bonds. The molecule has 114 valence electrons. The van der Waals surface area contributed by atoms with Gasteiger partial charge in [-0.2, -0.15) is 0 Å². The van der Waals surface area contributed by atoms with E-state index in [2.05, 4.69) is 36.5 Å². The lowest BCUT2D eigenvalue weighted by atomic mass is 10.0. The highest BCUT2D eigenvalue weighted by Crippen LogP contribution is 2.26. The summed E-state index contributed by atoms with van der Waals surface area (Å²) in [7, 11) is 0. The minimum Gasteiger partial charge on any atom is -0.306 e. The molecule has 0 aromatic heterocycles. The fourth-order valence-corrected chi connectivity index (χ4v) is 2.67. The van der Waals surface area contributed by atoms with Crippen molar-refractivity contribution in [3.8, 4) is 0 Å². The topological polar surface area (TPSA) is 12.0 Å². The molecule has 1 unspecified atom stereocenters. The molecule has 0 radical (unpaired) electrons. The molecule has 21 heavy (non-hydrogen) atoms. The number of rotatable bonds is 6. The van der Waals surface area contributed by atoms with Crippen molar-refractivity contribution >= 4 is 35.6 Å². The molecule has 0 bridgehead atoms. The first-order valence-electron chi connectivity index (χ1n) is 6.93. The zero-order valence-electron chi connectivity index (χ0n) is 12.0. The summed E-state index contributed by atoms with van der Waals surface area (Å²) in [5.41, 5.74) is 2.35. The normalized spacial score (nSPS) is 11.8. The molecule has 0 aliphatic carbocycles. The molecule has 4 heteroatoms. The smallest absolute Gasteiger partial charge is 0.0637 e.